The second-order valence-corrected chi connectivity index (χ2v) is 12.6. The Bertz CT molecular complexity index is 1440. The van der Waals surface area contributed by atoms with Gasteiger partial charge in [-0.2, -0.15) is 0 Å². The van der Waals surface area contributed by atoms with E-state index in [1.54, 1.807) is 38.4 Å². The standard InChI is InChI=1S/C23H23ClN6O7S3/c1-23(2,3)21(34)37-9-36-20(33)15-10(4-5-12-16(24)26-8-40-12)6-38-19-14(18(32)30(15)19)28-17(31)13(29-35)11-7-39-22(25)27-11/h4-5,7-8,14,19,35H,6,9H2,1-3H3,(H2,25,27)(H,28,31)/b5-4+,29-13+/t14?,19-/m1/s1. The third kappa shape index (κ3) is 6.14. The summed E-state index contributed by atoms with van der Waals surface area (Å²) >= 11 is 9.71. The first-order valence-corrected chi connectivity index (χ1v) is 14.6. The number of nitrogens with zero attached hydrogens (tertiary/aromatic N) is 4. The van der Waals surface area contributed by atoms with Gasteiger partial charge in [-0.1, -0.05) is 22.8 Å². The van der Waals surface area contributed by atoms with Gasteiger partial charge in [-0.05, 0) is 32.4 Å². The Morgan fingerprint density at radius 3 is 2.65 bits per heavy atom. The van der Waals surface area contributed by atoms with Crippen LogP contribution in [-0.4, -0.2) is 73.5 Å². The van der Waals surface area contributed by atoms with Gasteiger partial charge in [0.15, 0.2) is 10.8 Å². The first kappa shape index (κ1) is 29.5. The summed E-state index contributed by atoms with van der Waals surface area (Å²) in [6, 6.07) is -1.03. The van der Waals surface area contributed by atoms with E-state index < -0.39 is 53.1 Å². The quantitative estimate of drug-likeness (QED) is 0.0975. The van der Waals surface area contributed by atoms with E-state index in [-0.39, 0.29) is 27.4 Å². The number of thiazole rings is 2. The lowest BCUT2D eigenvalue weighted by Crippen LogP contribution is -2.71. The van der Waals surface area contributed by atoms with Crippen molar-refractivity contribution in [2.45, 2.75) is 32.2 Å². The first-order chi connectivity index (χ1) is 18.9. The lowest BCUT2D eigenvalue weighted by Gasteiger charge is -2.49. The van der Waals surface area contributed by atoms with Gasteiger partial charge in [0, 0.05) is 11.1 Å². The molecule has 2 atom stereocenters. The van der Waals surface area contributed by atoms with Gasteiger partial charge < -0.3 is 25.7 Å². The van der Waals surface area contributed by atoms with Crippen LogP contribution in [0.2, 0.25) is 5.15 Å². The minimum Gasteiger partial charge on any atom is -0.427 e. The molecule has 0 aromatic carbocycles. The van der Waals surface area contributed by atoms with Crippen molar-refractivity contribution in [3.8, 4) is 0 Å². The van der Waals surface area contributed by atoms with Crippen LogP contribution in [0.3, 0.4) is 0 Å². The Balaban J connectivity index is 1.54. The Hall–Kier alpha value is -3.47. The molecule has 2 amide bonds. The number of nitrogens with one attached hydrogen (secondary N) is 1. The highest BCUT2D eigenvalue weighted by Gasteiger charge is 2.54. The Morgan fingerprint density at radius 2 is 2.05 bits per heavy atom. The number of carbonyl (C=O) groups is 4. The zero-order chi connectivity index (χ0) is 29.2. The summed E-state index contributed by atoms with van der Waals surface area (Å²) in [4.78, 5) is 61.0. The molecule has 0 radical (unpaired) electrons. The number of β-lactam (4-membered cyclic amide) rings is 1. The number of thioether (sulfide) groups is 1. The van der Waals surface area contributed by atoms with Crippen molar-refractivity contribution in [3.63, 3.8) is 0 Å². The van der Waals surface area contributed by atoms with E-state index in [4.69, 9.17) is 26.8 Å². The highest BCUT2D eigenvalue weighted by molar-refractivity contribution is 8.00. The average Bonchev–Trinajstić information content (AvgIpc) is 3.52. The average molecular weight is 627 g/mol. The lowest BCUT2D eigenvalue weighted by atomic mass is 9.98. The highest BCUT2D eigenvalue weighted by atomic mass is 35.5. The normalized spacial score (nSPS) is 19.4. The molecule has 2 aliphatic rings. The number of rotatable bonds is 8. The molecule has 2 aromatic rings. The fourth-order valence-corrected chi connectivity index (χ4v) is 6.26. The van der Waals surface area contributed by atoms with E-state index >= 15 is 0 Å². The molecule has 0 bridgehead atoms. The van der Waals surface area contributed by atoms with E-state index in [9.17, 15) is 24.4 Å². The minimum atomic E-state index is -1.03. The highest BCUT2D eigenvalue weighted by Crippen LogP contribution is 2.41. The fraction of sp³-hybridized carbons (Fsp3) is 0.348. The molecule has 2 aliphatic heterocycles. The van der Waals surface area contributed by atoms with Crippen molar-refractivity contribution in [2.24, 2.45) is 10.6 Å². The number of hydrogen-bond donors (Lipinski definition) is 3. The van der Waals surface area contributed by atoms with Crippen LogP contribution >= 0.6 is 46.0 Å². The predicted octanol–water partition coefficient (Wildman–Crippen LogP) is 2.47. The number of halogens is 1. The molecule has 4 heterocycles. The number of nitrogen functional groups attached to an aromatic ring is 1. The lowest BCUT2D eigenvalue weighted by molar-refractivity contribution is -0.173. The smallest absolute Gasteiger partial charge is 0.358 e. The summed E-state index contributed by atoms with van der Waals surface area (Å²) in [5.41, 5.74) is 6.37. The largest absolute Gasteiger partial charge is 0.427 e. The van der Waals surface area contributed by atoms with Gasteiger partial charge >= 0.3 is 11.9 Å². The third-order valence-electron chi connectivity index (χ3n) is 5.53. The van der Waals surface area contributed by atoms with Crippen LogP contribution in [0.4, 0.5) is 5.13 Å². The van der Waals surface area contributed by atoms with Crippen molar-refractivity contribution < 1.29 is 33.9 Å². The summed E-state index contributed by atoms with van der Waals surface area (Å²) in [5.74, 6) is -2.64. The van der Waals surface area contributed by atoms with Crippen molar-refractivity contribution in [2.75, 3.05) is 18.3 Å². The number of amides is 2. The molecule has 4 rings (SSSR count). The van der Waals surface area contributed by atoms with E-state index in [1.807, 2.05) is 0 Å². The van der Waals surface area contributed by atoms with Gasteiger partial charge in [0.25, 0.3) is 11.8 Å². The van der Waals surface area contributed by atoms with Crippen LogP contribution in [0.15, 0.2) is 33.4 Å². The minimum absolute atomic E-state index is 0.0468. The Labute approximate surface area is 245 Å². The number of oxime groups is 1. The SMILES string of the molecule is CC(C)(C)C(=O)OCOC(=O)C1=C(/C=C/c2scnc2Cl)CS[C@@H]2C(NC(=O)/C(=N/O)c3csc(N)n3)C(=O)N12. The Morgan fingerprint density at radius 1 is 1.30 bits per heavy atom. The van der Waals surface area contributed by atoms with Crippen LogP contribution in [-0.2, 0) is 28.7 Å². The maximum atomic E-state index is 13.2. The number of hydrogen-bond acceptors (Lipinski definition) is 14. The summed E-state index contributed by atoms with van der Waals surface area (Å²) in [5, 5.41) is 16.1. The van der Waals surface area contributed by atoms with Gasteiger partial charge in [-0.15, -0.1) is 34.4 Å². The van der Waals surface area contributed by atoms with Gasteiger partial charge in [0.2, 0.25) is 6.79 Å². The number of nitrogens with two attached hydrogens (primary N) is 1. The number of carbonyl (C=O) groups excluding carboxylic acids is 4. The molecule has 212 valence electrons. The van der Waals surface area contributed by atoms with E-state index in [0.29, 0.717) is 10.5 Å². The van der Waals surface area contributed by atoms with Crippen LogP contribution in [0, 0.1) is 5.41 Å². The molecular formula is C23H23ClN6O7S3. The molecule has 4 N–H and O–H groups in total. The Kier molecular flexibility index (Phi) is 8.82. The summed E-state index contributed by atoms with van der Waals surface area (Å²) in [6.45, 7) is 4.31. The molecule has 0 saturated carbocycles. The number of allylic oxidation sites excluding steroid dienone is 1. The molecule has 1 saturated heterocycles. The van der Waals surface area contributed by atoms with Crippen molar-refractivity contribution in [1.29, 1.82) is 0 Å². The maximum Gasteiger partial charge on any atom is 0.358 e. The monoisotopic (exact) mass is 626 g/mol. The molecule has 0 spiro atoms. The number of aromatic nitrogens is 2. The van der Waals surface area contributed by atoms with Crippen LogP contribution in [0.25, 0.3) is 6.08 Å². The fourth-order valence-electron chi connectivity index (χ4n) is 3.53. The summed E-state index contributed by atoms with van der Waals surface area (Å²) < 4.78 is 10.2. The van der Waals surface area contributed by atoms with E-state index in [0.717, 1.165) is 11.3 Å². The maximum absolute atomic E-state index is 13.2. The number of anilines is 1. The zero-order valence-corrected chi connectivity index (χ0v) is 24.4. The summed E-state index contributed by atoms with van der Waals surface area (Å²) in [6.07, 6.45) is 3.29. The second kappa shape index (κ2) is 12.0. The van der Waals surface area contributed by atoms with E-state index in [1.165, 1.54) is 33.4 Å². The van der Waals surface area contributed by atoms with Gasteiger partial charge in [0.05, 0.1) is 15.8 Å². The number of ether oxygens (including phenoxy) is 2. The van der Waals surface area contributed by atoms with Crippen LogP contribution in [0.1, 0.15) is 31.3 Å². The molecule has 13 nitrogen and oxygen atoms in total. The van der Waals surface area contributed by atoms with Crippen molar-refractivity contribution in [1.82, 2.24) is 20.2 Å². The van der Waals surface area contributed by atoms with E-state index in [2.05, 4.69) is 20.4 Å². The molecule has 2 aromatic heterocycles. The molecule has 40 heavy (non-hydrogen) atoms. The van der Waals surface area contributed by atoms with Gasteiger partial charge in [-0.3, -0.25) is 19.3 Å². The predicted molar refractivity (Wildman–Crippen MR) is 150 cm³/mol. The van der Waals surface area contributed by atoms with Crippen molar-refractivity contribution >= 4 is 86.7 Å². The van der Waals surface area contributed by atoms with Gasteiger partial charge in [0.1, 0.15) is 28.0 Å². The second-order valence-electron chi connectivity index (χ2n) is 9.33. The molecule has 1 unspecified atom stereocenters. The van der Waals surface area contributed by atoms with Gasteiger partial charge in [-0.25, -0.2) is 14.8 Å². The first-order valence-electron chi connectivity index (χ1n) is 11.5. The van der Waals surface area contributed by atoms with Crippen molar-refractivity contribution in [3.05, 3.63) is 44.0 Å². The molecule has 1 fully saturated rings. The zero-order valence-electron chi connectivity index (χ0n) is 21.2. The molecule has 17 heteroatoms. The summed E-state index contributed by atoms with van der Waals surface area (Å²) in [7, 11) is 0. The topological polar surface area (TPSA) is 186 Å². The third-order valence-corrected chi connectivity index (χ3v) is 8.72. The van der Waals surface area contributed by atoms with Crippen LogP contribution in [0.5, 0.6) is 0 Å². The number of fused-ring (bicyclic) bond motifs is 1. The molecular weight excluding hydrogens is 604 g/mol. The van der Waals surface area contributed by atoms with Crippen LogP contribution < -0.4 is 11.1 Å². The number of esters is 2. The molecule has 0 aliphatic carbocycles.